The average Bonchev–Trinajstić information content (AvgIpc) is 3.47. The molecule has 1 N–H and O–H groups in total. The van der Waals surface area contributed by atoms with E-state index in [2.05, 4.69) is 41.3 Å². The number of likely N-dealkylation sites (tertiary alicyclic amines) is 1. The molecule has 1 aliphatic heterocycles. The van der Waals surface area contributed by atoms with Crippen molar-refractivity contribution in [3.05, 3.63) is 41.7 Å². The Bertz CT molecular complexity index is 819. The van der Waals surface area contributed by atoms with E-state index >= 15 is 0 Å². The summed E-state index contributed by atoms with van der Waals surface area (Å²) in [6.07, 6.45) is 4.69. The summed E-state index contributed by atoms with van der Waals surface area (Å²) in [5.41, 5.74) is 2.41. The highest BCUT2D eigenvalue weighted by atomic mass is 16.2. The van der Waals surface area contributed by atoms with Crippen molar-refractivity contribution in [2.75, 3.05) is 19.6 Å². The van der Waals surface area contributed by atoms with E-state index in [1.165, 1.54) is 12.8 Å². The van der Waals surface area contributed by atoms with Gasteiger partial charge in [0.25, 0.3) is 5.91 Å². The number of carbonyl (C=O) groups is 1. The van der Waals surface area contributed by atoms with Gasteiger partial charge in [-0.1, -0.05) is 44.2 Å². The lowest BCUT2D eigenvalue weighted by Gasteiger charge is -2.38. The van der Waals surface area contributed by atoms with E-state index in [9.17, 15) is 4.79 Å². The minimum Gasteiger partial charge on any atom is -0.349 e. The van der Waals surface area contributed by atoms with Crippen molar-refractivity contribution in [1.82, 2.24) is 25.2 Å². The zero-order chi connectivity index (χ0) is 20.4. The number of benzene rings is 1. The van der Waals surface area contributed by atoms with Crippen molar-refractivity contribution in [3.8, 4) is 5.69 Å². The molecule has 4 rings (SSSR count). The molecular weight excluding hydrogens is 362 g/mol. The van der Waals surface area contributed by atoms with E-state index < -0.39 is 0 Å². The first-order valence-electron chi connectivity index (χ1n) is 11.1. The van der Waals surface area contributed by atoms with Crippen LogP contribution in [0.1, 0.15) is 68.6 Å². The largest absolute Gasteiger partial charge is 0.349 e. The molecule has 1 unspecified atom stereocenters. The Morgan fingerprint density at radius 3 is 2.45 bits per heavy atom. The molecular formula is C23H33N5O. The Hall–Kier alpha value is -2.21. The SMILES string of the molecule is CC1CCN(C(CNC(=O)c2nnn(-c3ccccc3)c2C2CC2)C(C)C)CC1. The molecule has 2 aromatic rings. The molecule has 6 nitrogen and oxygen atoms in total. The number of amides is 1. The number of hydrogen-bond acceptors (Lipinski definition) is 4. The van der Waals surface area contributed by atoms with Gasteiger partial charge in [-0.2, -0.15) is 0 Å². The molecule has 2 fully saturated rings. The van der Waals surface area contributed by atoms with Gasteiger partial charge in [-0.05, 0) is 62.7 Å². The maximum absolute atomic E-state index is 13.1. The predicted octanol–water partition coefficient (Wildman–Crippen LogP) is 3.63. The Balaban J connectivity index is 1.47. The van der Waals surface area contributed by atoms with Gasteiger partial charge < -0.3 is 5.32 Å². The van der Waals surface area contributed by atoms with E-state index in [0.29, 0.717) is 30.1 Å². The van der Waals surface area contributed by atoms with Gasteiger partial charge in [0.1, 0.15) is 0 Å². The third-order valence-corrected chi connectivity index (χ3v) is 6.41. The molecule has 0 bridgehead atoms. The first-order valence-corrected chi connectivity index (χ1v) is 11.1. The van der Waals surface area contributed by atoms with Gasteiger partial charge in [0.05, 0.1) is 11.4 Å². The van der Waals surface area contributed by atoms with Crippen molar-refractivity contribution >= 4 is 5.91 Å². The Morgan fingerprint density at radius 1 is 1.14 bits per heavy atom. The fraction of sp³-hybridized carbons (Fsp3) is 0.609. The van der Waals surface area contributed by atoms with Crippen LogP contribution in [0, 0.1) is 11.8 Å². The quantitative estimate of drug-likeness (QED) is 0.778. The smallest absolute Gasteiger partial charge is 0.273 e. The van der Waals surface area contributed by atoms with Crippen LogP contribution < -0.4 is 5.32 Å². The van der Waals surface area contributed by atoms with Crippen molar-refractivity contribution in [2.45, 2.75) is 58.4 Å². The van der Waals surface area contributed by atoms with Gasteiger partial charge in [0, 0.05) is 18.5 Å². The van der Waals surface area contributed by atoms with Crippen LogP contribution in [-0.4, -0.2) is 51.5 Å². The second-order valence-electron chi connectivity index (χ2n) is 9.08. The molecule has 1 saturated heterocycles. The lowest BCUT2D eigenvalue weighted by atomic mass is 9.94. The molecule has 2 aliphatic rings. The topological polar surface area (TPSA) is 63.1 Å². The molecule has 0 spiro atoms. The Labute approximate surface area is 173 Å². The summed E-state index contributed by atoms with van der Waals surface area (Å²) < 4.78 is 1.85. The highest BCUT2D eigenvalue weighted by Gasteiger charge is 2.34. The first kappa shape index (κ1) is 20.1. The fourth-order valence-corrected chi connectivity index (χ4v) is 4.36. The van der Waals surface area contributed by atoms with E-state index in [4.69, 9.17) is 0 Å². The van der Waals surface area contributed by atoms with E-state index in [1.807, 2.05) is 35.0 Å². The first-order chi connectivity index (χ1) is 14.0. The summed E-state index contributed by atoms with van der Waals surface area (Å²) >= 11 is 0. The second kappa shape index (κ2) is 8.66. The number of rotatable bonds is 7. The zero-order valence-electron chi connectivity index (χ0n) is 17.8. The number of carbonyl (C=O) groups excluding carboxylic acids is 1. The second-order valence-corrected chi connectivity index (χ2v) is 9.08. The molecule has 1 atom stereocenters. The Morgan fingerprint density at radius 2 is 1.83 bits per heavy atom. The molecule has 1 aliphatic carbocycles. The van der Waals surface area contributed by atoms with Gasteiger partial charge in [-0.3, -0.25) is 9.69 Å². The van der Waals surface area contributed by atoms with Gasteiger partial charge >= 0.3 is 0 Å². The van der Waals surface area contributed by atoms with Gasteiger partial charge in [-0.25, -0.2) is 4.68 Å². The van der Waals surface area contributed by atoms with Crippen molar-refractivity contribution in [1.29, 1.82) is 0 Å². The third kappa shape index (κ3) is 4.53. The molecule has 0 radical (unpaired) electrons. The maximum Gasteiger partial charge on any atom is 0.273 e. The van der Waals surface area contributed by atoms with Crippen LogP contribution >= 0.6 is 0 Å². The molecule has 2 heterocycles. The van der Waals surface area contributed by atoms with Crippen molar-refractivity contribution < 1.29 is 4.79 Å². The summed E-state index contributed by atoms with van der Waals surface area (Å²) in [5, 5.41) is 11.8. The van der Waals surface area contributed by atoms with Gasteiger partial charge in [0.15, 0.2) is 5.69 Å². The average molecular weight is 396 g/mol. The maximum atomic E-state index is 13.1. The van der Waals surface area contributed by atoms with Crippen molar-refractivity contribution in [3.63, 3.8) is 0 Å². The number of nitrogens with one attached hydrogen (secondary N) is 1. The number of para-hydroxylation sites is 1. The van der Waals surface area contributed by atoms with E-state index in [1.54, 1.807) is 0 Å². The number of hydrogen-bond donors (Lipinski definition) is 1. The molecule has 6 heteroatoms. The summed E-state index contributed by atoms with van der Waals surface area (Å²) in [6, 6.07) is 10.3. The standard InChI is InChI=1S/C23H33N5O/c1-16(2)20(27-13-11-17(3)12-14-27)15-24-23(29)21-22(18-9-10-18)28(26-25-21)19-7-5-4-6-8-19/h4-8,16-18,20H,9-15H2,1-3H3,(H,24,29). The van der Waals surface area contributed by atoms with Crippen LogP contribution in [0.15, 0.2) is 30.3 Å². The van der Waals surface area contributed by atoms with Crippen LogP contribution in [0.2, 0.25) is 0 Å². The minimum absolute atomic E-state index is 0.0925. The van der Waals surface area contributed by atoms with Crippen LogP contribution in [0.3, 0.4) is 0 Å². The summed E-state index contributed by atoms with van der Waals surface area (Å²) in [4.78, 5) is 15.6. The summed E-state index contributed by atoms with van der Waals surface area (Å²) in [7, 11) is 0. The molecule has 156 valence electrons. The highest BCUT2D eigenvalue weighted by molar-refractivity contribution is 5.93. The van der Waals surface area contributed by atoms with E-state index in [0.717, 1.165) is 43.2 Å². The third-order valence-electron chi connectivity index (χ3n) is 6.41. The van der Waals surface area contributed by atoms with Gasteiger partial charge in [0.2, 0.25) is 0 Å². The number of aromatic nitrogens is 3. The Kier molecular flexibility index (Phi) is 5.99. The van der Waals surface area contributed by atoms with Crippen LogP contribution in [-0.2, 0) is 0 Å². The lowest BCUT2D eigenvalue weighted by molar-refractivity contribution is 0.0858. The molecule has 29 heavy (non-hydrogen) atoms. The van der Waals surface area contributed by atoms with Crippen LogP contribution in [0.4, 0.5) is 0 Å². The number of nitrogens with zero attached hydrogens (tertiary/aromatic N) is 4. The zero-order valence-corrected chi connectivity index (χ0v) is 17.8. The minimum atomic E-state index is -0.0925. The van der Waals surface area contributed by atoms with E-state index in [-0.39, 0.29) is 5.91 Å². The van der Waals surface area contributed by atoms with Crippen LogP contribution in [0.5, 0.6) is 0 Å². The van der Waals surface area contributed by atoms with Crippen LogP contribution in [0.25, 0.3) is 5.69 Å². The lowest BCUT2D eigenvalue weighted by Crippen LogP contribution is -2.49. The summed E-state index contributed by atoms with van der Waals surface area (Å²) in [6.45, 7) is 9.73. The van der Waals surface area contributed by atoms with Gasteiger partial charge in [-0.15, -0.1) is 5.10 Å². The summed E-state index contributed by atoms with van der Waals surface area (Å²) in [5.74, 6) is 1.59. The monoisotopic (exact) mass is 395 g/mol. The fourth-order valence-electron chi connectivity index (χ4n) is 4.36. The molecule has 1 saturated carbocycles. The predicted molar refractivity (Wildman–Crippen MR) is 114 cm³/mol. The molecule has 1 aromatic carbocycles. The molecule has 1 aromatic heterocycles. The number of piperidine rings is 1. The van der Waals surface area contributed by atoms with Crippen molar-refractivity contribution in [2.24, 2.45) is 11.8 Å². The molecule has 1 amide bonds. The highest BCUT2D eigenvalue weighted by Crippen LogP contribution is 2.41. The normalized spacial score (nSPS) is 19.4.